The lowest BCUT2D eigenvalue weighted by molar-refractivity contribution is -0.290. The first-order valence-electron chi connectivity index (χ1n) is 5.40. The number of nitrogens with zero attached hydrogens (tertiary/aromatic N) is 1. The summed E-state index contributed by atoms with van der Waals surface area (Å²) in [5.41, 5.74) is 5.48. The number of hydrogen-bond acceptors (Lipinski definition) is 1. The number of nitrogens with two attached hydrogens (primary N) is 1. The van der Waals surface area contributed by atoms with Crippen LogP contribution in [0.15, 0.2) is 30.5 Å². The van der Waals surface area contributed by atoms with Gasteiger partial charge in [-0.1, -0.05) is 18.2 Å². The lowest BCUT2D eigenvalue weighted by Gasteiger charge is -2.25. The molecule has 112 valence electrons. The van der Waals surface area contributed by atoms with Gasteiger partial charge >= 0.3 is 12.1 Å². The largest absolute Gasteiger partial charge is 0.455 e. The van der Waals surface area contributed by atoms with Gasteiger partial charge in [0.05, 0.1) is 0 Å². The molecule has 0 radical (unpaired) electrons. The Kier molecular flexibility index (Phi) is 4.36. The standard InChI is InChI=1S/C12H11F5N2.ClH/c1-19-6-8(7-4-2-3-5-9(7)19)10(18)11(13,14)12(15,16)17;/h2-6,10H,18H2,1H3;1H/t10-;/m1./s1. The lowest BCUT2D eigenvalue weighted by atomic mass is 10.0. The lowest BCUT2D eigenvalue weighted by Crippen LogP contribution is -2.45. The molecule has 1 heterocycles. The van der Waals surface area contributed by atoms with Gasteiger partial charge < -0.3 is 10.3 Å². The molecular weight excluding hydrogens is 303 g/mol. The Labute approximate surface area is 117 Å². The van der Waals surface area contributed by atoms with Gasteiger partial charge in [-0.3, -0.25) is 0 Å². The Bertz CT molecular complexity index is 605. The fraction of sp³-hybridized carbons (Fsp3) is 0.333. The minimum atomic E-state index is -5.68. The zero-order valence-corrected chi connectivity index (χ0v) is 11.1. The summed E-state index contributed by atoms with van der Waals surface area (Å²) in [6, 6.07) is 3.89. The Balaban J connectivity index is 0.00000200. The van der Waals surface area contributed by atoms with Gasteiger partial charge in [0.2, 0.25) is 0 Å². The maximum absolute atomic E-state index is 13.3. The third kappa shape index (κ3) is 2.47. The predicted octanol–water partition coefficient (Wildman–Crippen LogP) is 3.80. The number of fused-ring (bicyclic) bond motifs is 1. The van der Waals surface area contributed by atoms with E-state index in [2.05, 4.69) is 0 Å². The van der Waals surface area contributed by atoms with E-state index in [0.29, 0.717) is 10.9 Å². The van der Waals surface area contributed by atoms with Crippen LogP contribution >= 0.6 is 12.4 Å². The van der Waals surface area contributed by atoms with Crippen LogP contribution < -0.4 is 5.73 Å². The monoisotopic (exact) mass is 314 g/mol. The van der Waals surface area contributed by atoms with Crippen LogP contribution in [0.1, 0.15) is 11.6 Å². The van der Waals surface area contributed by atoms with Crippen molar-refractivity contribution in [3.63, 3.8) is 0 Å². The topological polar surface area (TPSA) is 30.9 Å². The second-order valence-corrected chi connectivity index (χ2v) is 4.31. The molecule has 2 aromatic rings. The van der Waals surface area contributed by atoms with Crippen molar-refractivity contribution in [1.29, 1.82) is 0 Å². The summed E-state index contributed by atoms with van der Waals surface area (Å²) >= 11 is 0. The number of aromatic nitrogens is 1. The Morgan fingerprint density at radius 2 is 1.65 bits per heavy atom. The number of alkyl halides is 5. The minimum absolute atomic E-state index is 0. The van der Waals surface area contributed by atoms with Crippen molar-refractivity contribution in [2.24, 2.45) is 12.8 Å². The Morgan fingerprint density at radius 3 is 2.20 bits per heavy atom. The van der Waals surface area contributed by atoms with Gasteiger partial charge in [-0.05, 0) is 6.07 Å². The molecule has 0 spiro atoms. The number of benzene rings is 1. The third-order valence-electron chi connectivity index (χ3n) is 3.03. The van der Waals surface area contributed by atoms with Crippen molar-refractivity contribution in [2.45, 2.75) is 18.1 Å². The number of hydrogen-bond donors (Lipinski definition) is 1. The second-order valence-electron chi connectivity index (χ2n) is 4.31. The molecule has 0 saturated heterocycles. The van der Waals surface area contributed by atoms with Gasteiger partial charge in [-0.25, -0.2) is 0 Å². The summed E-state index contributed by atoms with van der Waals surface area (Å²) in [7, 11) is 1.56. The molecule has 2 nitrogen and oxygen atoms in total. The summed E-state index contributed by atoms with van der Waals surface area (Å²) in [6.07, 6.45) is -4.47. The van der Waals surface area contributed by atoms with Crippen LogP contribution in [-0.2, 0) is 7.05 Å². The SMILES string of the molecule is Cl.Cn1cc([C@@H](N)C(F)(F)C(F)(F)F)c2ccccc21. The minimum Gasteiger partial charge on any atom is -0.350 e. The van der Waals surface area contributed by atoms with E-state index in [-0.39, 0.29) is 18.0 Å². The zero-order valence-electron chi connectivity index (χ0n) is 10.3. The Hall–Kier alpha value is -1.34. The van der Waals surface area contributed by atoms with E-state index >= 15 is 0 Å². The third-order valence-corrected chi connectivity index (χ3v) is 3.03. The van der Waals surface area contributed by atoms with Crippen LogP contribution in [0.5, 0.6) is 0 Å². The summed E-state index contributed by atoms with van der Waals surface area (Å²) in [5.74, 6) is -4.98. The van der Waals surface area contributed by atoms with Crippen molar-refractivity contribution in [3.05, 3.63) is 36.0 Å². The number of halogens is 6. The first-order chi connectivity index (χ1) is 8.66. The highest BCUT2D eigenvalue weighted by Crippen LogP contribution is 2.44. The predicted molar refractivity (Wildman–Crippen MR) is 68.1 cm³/mol. The van der Waals surface area contributed by atoms with Crippen LogP contribution in [0.25, 0.3) is 10.9 Å². The molecule has 8 heteroatoms. The number of rotatable bonds is 2. The van der Waals surface area contributed by atoms with Crippen molar-refractivity contribution < 1.29 is 22.0 Å². The molecule has 20 heavy (non-hydrogen) atoms. The van der Waals surface area contributed by atoms with Gasteiger partial charge in [0.15, 0.2) is 0 Å². The fourth-order valence-electron chi connectivity index (χ4n) is 1.99. The van der Waals surface area contributed by atoms with E-state index in [9.17, 15) is 22.0 Å². The molecule has 0 unspecified atom stereocenters. The normalized spacial score (nSPS) is 14.2. The summed E-state index contributed by atoms with van der Waals surface area (Å²) in [6.45, 7) is 0. The highest BCUT2D eigenvalue weighted by molar-refractivity contribution is 5.85. The van der Waals surface area contributed by atoms with Crippen molar-refractivity contribution in [3.8, 4) is 0 Å². The zero-order chi connectivity index (χ0) is 14.4. The first kappa shape index (κ1) is 16.7. The maximum Gasteiger partial charge on any atom is 0.455 e. The highest BCUT2D eigenvalue weighted by Gasteiger charge is 2.62. The van der Waals surface area contributed by atoms with E-state index in [1.807, 2.05) is 0 Å². The molecule has 1 atom stereocenters. The van der Waals surface area contributed by atoms with Gasteiger partial charge in [-0.2, -0.15) is 22.0 Å². The molecule has 0 saturated carbocycles. The quantitative estimate of drug-likeness (QED) is 0.840. The van der Waals surface area contributed by atoms with E-state index < -0.39 is 18.1 Å². The molecule has 1 aromatic heterocycles. The van der Waals surface area contributed by atoms with Gasteiger partial charge in [0.25, 0.3) is 0 Å². The van der Waals surface area contributed by atoms with Crippen molar-refractivity contribution >= 4 is 23.3 Å². The molecule has 1 aromatic carbocycles. The van der Waals surface area contributed by atoms with Crippen LogP contribution in [0.2, 0.25) is 0 Å². The van der Waals surface area contributed by atoms with Crippen LogP contribution in [0.3, 0.4) is 0 Å². The van der Waals surface area contributed by atoms with E-state index in [1.165, 1.54) is 16.8 Å². The first-order valence-corrected chi connectivity index (χ1v) is 5.40. The average Bonchev–Trinajstić information content (AvgIpc) is 2.65. The van der Waals surface area contributed by atoms with Crippen molar-refractivity contribution in [2.75, 3.05) is 0 Å². The van der Waals surface area contributed by atoms with Gasteiger partial charge in [-0.15, -0.1) is 12.4 Å². The number of aryl methyl sites for hydroxylation is 1. The van der Waals surface area contributed by atoms with Gasteiger partial charge in [0.1, 0.15) is 6.04 Å². The number of para-hydroxylation sites is 1. The molecule has 0 fully saturated rings. The van der Waals surface area contributed by atoms with Crippen molar-refractivity contribution in [1.82, 2.24) is 4.57 Å². The molecule has 0 aliphatic heterocycles. The smallest absolute Gasteiger partial charge is 0.350 e. The summed E-state index contributed by atoms with van der Waals surface area (Å²) < 4.78 is 65.1. The molecule has 0 amide bonds. The second kappa shape index (κ2) is 5.21. The van der Waals surface area contributed by atoms with Crippen LogP contribution in [-0.4, -0.2) is 16.7 Å². The van der Waals surface area contributed by atoms with E-state index in [0.717, 1.165) is 0 Å². The molecule has 2 rings (SSSR count). The Morgan fingerprint density at radius 1 is 1.10 bits per heavy atom. The molecule has 0 bridgehead atoms. The van der Waals surface area contributed by atoms with E-state index in [1.54, 1.807) is 25.2 Å². The van der Waals surface area contributed by atoms with Gasteiger partial charge in [0, 0.05) is 29.7 Å². The van der Waals surface area contributed by atoms with Crippen LogP contribution in [0, 0.1) is 0 Å². The van der Waals surface area contributed by atoms with Crippen LogP contribution in [0.4, 0.5) is 22.0 Å². The molecule has 0 aliphatic rings. The fourth-order valence-corrected chi connectivity index (χ4v) is 1.99. The maximum atomic E-state index is 13.3. The molecule has 2 N–H and O–H groups in total. The van der Waals surface area contributed by atoms with E-state index in [4.69, 9.17) is 5.73 Å². The summed E-state index contributed by atoms with van der Waals surface area (Å²) in [5, 5.41) is 0.293. The summed E-state index contributed by atoms with van der Waals surface area (Å²) in [4.78, 5) is 0. The highest BCUT2D eigenvalue weighted by atomic mass is 35.5. The average molecular weight is 315 g/mol. The molecular formula is C12H12ClF5N2. The molecule has 0 aliphatic carbocycles.